The van der Waals surface area contributed by atoms with Crippen molar-refractivity contribution in [2.45, 2.75) is 44.8 Å². The lowest BCUT2D eigenvalue weighted by atomic mass is 10.2. The summed E-state index contributed by atoms with van der Waals surface area (Å²) in [5.41, 5.74) is 3.53. The lowest BCUT2D eigenvalue weighted by Gasteiger charge is -2.34. The Kier molecular flexibility index (Phi) is 6.51. The number of amides is 1. The number of hydrogen-bond acceptors (Lipinski definition) is 4. The van der Waals surface area contributed by atoms with Crippen molar-refractivity contribution in [3.63, 3.8) is 0 Å². The van der Waals surface area contributed by atoms with Crippen LogP contribution in [0.25, 0.3) is 11.0 Å². The first-order chi connectivity index (χ1) is 15.7. The third-order valence-corrected chi connectivity index (χ3v) is 6.83. The minimum absolute atomic E-state index is 0.190. The molecule has 1 amide bonds. The molecule has 6 heteroatoms. The molecule has 2 fully saturated rings. The van der Waals surface area contributed by atoms with Gasteiger partial charge >= 0.3 is 0 Å². The molecule has 1 saturated carbocycles. The summed E-state index contributed by atoms with van der Waals surface area (Å²) in [5, 5.41) is 3.22. The first-order valence-electron chi connectivity index (χ1n) is 12.0. The number of fused-ring (bicyclic) bond motifs is 1. The summed E-state index contributed by atoms with van der Waals surface area (Å²) in [5.74, 6) is 1.30. The van der Waals surface area contributed by atoms with Crippen LogP contribution in [0.1, 0.15) is 37.1 Å². The molecule has 3 aromatic rings. The van der Waals surface area contributed by atoms with Gasteiger partial charge in [-0.15, -0.1) is 0 Å². The van der Waals surface area contributed by atoms with Crippen LogP contribution >= 0.6 is 0 Å². The Morgan fingerprint density at radius 3 is 2.34 bits per heavy atom. The van der Waals surface area contributed by atoms with Crippen LogP contribution in [0.5, 0.6) is 0 Å². The molecule has 168 valence electrons. The SMILES string of the molecule is O=C(CN1CCN(Cc2nc3ccccc3n2Cc2ccccc2)CC1)NC1CCCC1. The van der Waals surface area contributed by atoms with Gasteiger partial charge in [0.1, 0.15) is 5.82 Å². The minimum Gasteiger partial charge on any atom is -0.352 e. The van der Waals surface area contributed by atoms with E-state index >= 15 is 0 Å². The lowest BCUT2D eigenvalue weighted by molar-refractivity contribution is -0.123. The van der Waals surface area contributed by atoms with Crippen LogP contribution in [-0.2, 0) is 17.9 Å². The predicted octanol–water partition coefficient (Wildman–Crippen LogP) is 3.26. The van der Waals surface area contributed by atoms with Crippen LogP contribution in [0.3, 0.4) is 0 Å². The second kappa shape index (κ2) is 9.84. The first kappa shape index (κ1) is 21.2. The van der Waals surface area contributed by atoms with Crippen LogP contribution in [0.15, 0.2) is 54.6 Å². The van der Waals surface area contributed by atoms with Crippen molar-refractivity contribution in [1.29, 1.82) is 0 Å². The van der Waals surface area contributed by atoms with Gasteiger partial charge in [0.25, 0.3) is 0 Å². The minimum atomic E-state index is 0.190. The Balaban J connectivity index is 1.21. The van der Waals surface area contributed by atoms with E-state index < -0.39 is 0 Å². The summed E-state index contributed by atoms with van der Waals surface area (Å²) >= 11 is 0. The number of nitrogens with one attached hydrogen (secondary N) is 1. The third kappa shape index (κ3) is 5.03. The van der Waals surface area contributed by atoms with Crippen LogP contribution in [0.2, 0.25) is 0 Å². The fourth-order valence-corrected chi connectivity index (χ4v) is 5.04. The molecule has 1 aliphatic heterocycles. The molecule has 1 N–H and O–H groups in total. The van der Waals surface area contributed by atoms with E-state index in [1.54, 1.807) is 0 Å². The van der Waals surface area contributed by atoms with Gasteiger partial charge in [-0.25, -0.2) is 4.98 Å². The van der Waals surface area contributed by atoms with E-state index in [0.717, 1.165) is 63.5 Å². The lowest BCUT2D eigenvalue weighted by Crippen LogP contribution is -2.50. The number of aromatic nitrogens is 2. The quantitative estimate of drug-likeness (QED) is 0.624. The van der Waals surface area contributed by atoms with Crippen molar-refractivity contribution in [3.8, 4) is 0 Å². The molecule has 1 saturated heterocycles. The van der Waals surface area contributed by atoms with Crippen molar-refractivity contribution < 1.29 is 4.79 Å². The number of hydrogen-bond donors (Lipinski definition) is 1. The molecule has 1 aliphatic carbocycles. The number of nitrogens with zero attached hydrogens (tertiary/aromatic N) is 4. The number of benzene rings is 2. The van der Waals surface area contributed by atoms with E-state index in [1.807, 2.05) is 0 Å². The Bertz CT molecular complexity index is 1030. The number of imidazole rings is 1. The Labute approximate surface area is 190 Å². The molecular weight excluding hydrogens is 398 g/mol. The van der Waals surface area contributed by atoms with Gasteiger partial charge < -0.3 is 9.88 Å². The van der Waals surface area contributed by atoms with Crippen molar-refractivity contribution in [3.05, 3.63) is 66.0 Å². The standard InChI is InChI=1S/C26H33N5O/c32-26(27-22-10-4-5-11-22)20-30-16-14-29(15-17-30)19-25-28-23-12-6-7-13-24(23)31(25)18-21-8-2-1-3-9-21/h1-3,6-9,12-13,22H,4-5,10-11,14-20H2,(H,27,32). The normalized spacial score (nSPS) is 18.4. The van der Waals surface area contributed by atoms with Gasteiger partial charge in [-0.1, -0.05) is 55.3 Å². The summed E-state index contributed by atoms with van der Waals surface area (Å²) in [4.78, 5) is 22.1. The van der Waals surface area contributed by atoms with E-state index in [9.17, 15) is 4.79 Å². The summed E-state index contributed by atoms with van der Waals surface area (Å²) < 4.78 is 2.35. The molecular formula is C26H33N5O. The summed E-state index contributed by atoms with van der Waals surface area (Å²) in [6.07, 6.45) is 4.78. The topological polar surface area (TPSA) is 53.4 Å². The van der Waals surface area contributed by atoms with Crippen molar-refractivity contribution in [2.75, 3.05) is 32.7 Å². The summed E-state index contributed by atoms with van der Waals surface area (Å²) in [6, 6.07) is 19.4. The molecule has 0 spiro atoms. The van der Waals surface area contributed by atoms with Crippen molar-refractivity contribution in [1.82, 2.24) is 24.7 Å². The average molecular weight is 432 g/mol. The van der Waals surface area contributed by atoms with Crippen LogP contribution in [0.4, 0.5) is 0 Å². The maximum atomic E-state index is 12.4. The third-order valence-electron chi connectivity index (χ3n) is 6.83. The van der Waals surface area contributed by atoms with Crippen LogP contribution < -0.4 is 5.32 Å². The molecule has 5 rings (SSSR count). The highest BCUT2D eigenvalue weighted by Gasteiger charge is 2.23. The summed E-state index contributed by atoms with van der Waals surface area (Å²) in [7, 11) is 0. The molecule has 2 aliphatic rings. The molecule has 2 heterocycles. The zero-order valence-electron chi connectivity index (χ0n) is 18.7. The predicted molar refractivity (Wildman–Crippen MR) is 127 cm³/mol. The van der Waals surface area contributed by atoms with Gasteiger partial charge in [0.15, 0.2) is 0 Å². The van der Waals surface area contributed by atoms with Gasteiger partial charge in [0.2, 0.25) is 5.91 Å². The Morgan fingerprint density at radius 2 is 1.56 bits per heavy atom. The monoisotopic (exact) mass is 431 g/mol. The van der Waals surface area contributed by atoms with Gasteiger partial charge in [-0.2, -0.15) is 0 Å². The number of carbonyl (C=O) groups excluding carboxylic acids is 1. The smallest absolute Gasteiger partial charge is 0.234 e. The highest BCUT2D eigenvalue weighted by atomic mass is 16.2. The van der Waals surface area contributed by atoms with Gasteiger partial charge in [-0.3, -0.25) is 14.6 Å². The number of carbonyl (C=O) groups is 1. The number of para-hydroxylation sites is 2. The molecule has 32 heavy (non-hydrogen) atoms. The second-order valence-electron chi connectivity index (χ2n) is 9.19. The molecule has 0 unspecified atom stereocenters. The molecule has 0 radical (unpaired) electrons. The second-order valence-corrected chi connectivity index (χ2v) is 9.19. The number of piperazine rings is 1. The Hall–Kier alpha value is -2.70. The molecule has 1 aromatic heterocycles. The molecule has 0 bridgehead atoms. The number of rotatable bonds is 7. The zero-order valence-corrected chi connectivity index (χ0v) is 18.7. The van der Waals surface area contributed by atoms with Gasteiger partial charge in [0, 0.05) is 38.8 Å². The highest BCUT2D eigenvalue weighted by Crippen LogP contribution is 2.20. The molecule has 6 nitrogen and oxygen atoms in total. The van der Waals surface area contributed by atoms with Crippen molar-refractivity contribution in [2.24, 2.45) is 0 Å². The largest absolute Gasteiger partial charge is 0.352 e. The van der Waals surface area contributed by atoms with Gasteiger partial charge in [0.05, 0.1) is 24.1 Å². The Morgan fingerprint density at radius 1 is 0.875 bits per heavy atom. The van der Waals surface area contributed by atoms with E-state index in [2.05, 4.69) is 74.3 Å². The van der Waals surface area contributed by atoms with Crippen LogP contribution in [-0.4, -0.2) is 64.0 Å². The van der Waals surface area contributed by atoms with E-state index in [4.69, 9.17) is 4.98 Å². The maximum absolute atomic E-state index is 12.4. The van der Waals surface area contributed by atoms with Crippen LogP contribution in [0, 0.1) is 0 Å². The zero-order chi connectivity index (χ0) is 21.8. The highest BCUT2D eigenvalue weighted by molar-refractivity contribution is 5.78. The van der Waals surface area contributed by atoms with E-state index in [-0.39, 0.29) is 5.91 Å². The average Bonchev–Trinajstić information content (AvgIpc) is 3.44. The van der Waals surface area contributed by atoms with E-state index in [1.165, 1.54) is 23.9 Å². The fourth-order valence-electron chi connectivity index (χ4n) is 5.04. The van der Waals surface area contributed by atoms with Crippen molar-refractivity contribution >= 4 is 16.9 Å². The fraction of sp³-hybridized carbons (Fsp3) is 0.462. The van der Waals surface area contributed by atoms with Gasteiger partial charge in [-0.05, 0) is 30.5 Å². The first-order valence-corrected chi connectivity index (χ1v) is 12.0. The molecule has 0 atom stereocenters. The maximum Gasteiger partial charge on any atom is 0.234 e. The van der Waals surface area contributed by atoms with E-state index in [0.29, 0.717) is 12.6 Å². The summed E-state index contributed by atoms with van der Waals surface area (Å²) in [6.45, 7) is 5.98. The molecule has 2 aromatic carbocycles.